The number of carbonyl (C=O) groups is 2. The van der Waals surface area contributed by atoms with Gasteiger partial charge < -0.3 is 19.1 Å². The first-order valence-electron chi connectivity index (χ1n) is 10.7. The summed E-state index contributed by atoms with van der Waals surface area (Å²) < 4.78 is 11.1. The Balaban J connectivity index is 1.62. The van der Waals surface area contributed by atoms with Crippen LogP contribution in [0.15, 0.2) is 22.7 Å². The summed E-state index contributed by atoms with van der Waals surface area (Å²) in [7, 11) is 1.77. The highest BCUT2D eigenvalue weighted by atomic mass is 35.5. The van der Waals surface area contributed by atoms with Crippen molar-refractivity contribution in [2.24, 2.45) is 0 Å². The molecule has 2 amide bonds. The van der Waals surface area contributed by atoms with Gasteiger partial charge in [-0.15, -0.1) is 0 Å². The smallest absolute Gasteiger partial charge is 0.257 e. The van der Waals surface area contributed by atoms with Gasteiger partial charge in [-0.3, -0.25) is 9.59 Å². The van der Waals surface area contributed by atoms with Gasteiger partial charge in [0.05, 0.1) is 12.2 Å². The summed E-state index contributed by atoms with van der Waals surface area (Å²) >= 11 is 6.09. The summed E-state index contributed by atoms with van der Waals surface area (Å²) in [5, 5.41) is 4.37. The van der Waals surface area contributed by atoms with Crippen molar-refractivity contribution in [1.29, 1.82) is 0 Å². The van der Waals surface area contributed by atoms with Gasteiger partial charge in [-0.25, -0.2) is 0 Å². The number of fused-ring (bicyclic) bond motifs is 1. The molecule has 2 heterocycles. The van der Waals surface area contributed by atoms with Gasteiger partial charge in [0.1, 0.15) is 5.75 Å². The van der Waals surface area contributed by atoms with Crippen molar-refractivity contribution in [1.82, 2.24) is 19.9 Å². The van der Waals surface area contributed by atoms with Crippen LogP contribution in [0.25, 0.3) is 0 Å². The van der Waals surface area contributed by atoms with Crippen molar-refractivity contribution >= 4 is 23.4 Å². The molecule has 9 heteroatoms. The maximum atomic E-state index is 12.8. The van der Waals surface area contributed by atoms with E-state index in [1.165, 1.54) is 0 Å². The number of nitrogens with zero attached hydrogens (tertiary/aromatic N) is 4. The van der Waals surface area contributed by atoms with Crippen LogP contribution in [-0.4, -0.2) is 65.0 Å². The monoisotopic (exact) mass is 448 g/mol. The number of amides is 2. The molecular formula is C22H29ClN4O4. The minimum Gasteiger partial charge on any atom is -0.493 e. The quantitative estimate of drug-likeness (QED) is 0.712. The number of benzene rings is 1. The molecule has 1 aromatic heterocycles. The molecule has 2 aromatic rings. The molecule has 8 nitrogen and oxygen atoms in total. The number of ether oxygens (including phenoxy) is 1. The van der Waals surface area contributed by atoms with Gasteiger partial charge in [-0.1, -0.05) is 23.7 Å². The average Bonchev–Trinajstić information content (AvgIpc) is 3.24. The van der Waals surface area contributed by atoms with Crippen LogP contribution in [0, 0.1) is 0 Å². The Kier molecular flexibility index (Phi) is 8.28. The molecule has 168 valence electrons. The van der Waals surface area contributed by atoms with Crippen LogP contribution in [0.3, 0.4) is 0 Å². The van der Waals surface area contributed by atoms with E-state index in [2.05, 4.69) is 10.1 Å². The molecule has 0 bridgehead atoms. The third-order valence-corrected chi connectivity index (χ3v) is 5.49. The summed E-state index contributed by atoms with van der Waals surface area (Å²) in [6.45, 7) is 4.19. The molecule has 0 saturated carbocycles. The molecule has 31 heavy (non-hydrogen) atoms. The minimum absolute atomic E-state index is 0.0581. The molecule has 0 unspecified atom stereocenters. The summed E-state index contributed by atoms with van der Waals surface area (Å²) in [5.41, 5.74) is 0.466. The molecule has 0 spiro atoms. The van der Waals surface area contributed by atoms with Crippen molar-refractivity contribution in [3.8, 4) is 5.75 Å². The van der Waals surface area contributed by atoms with Crippen molar-refractivity contribution in [3.63, 3.8) is 0 Å². The van der Waals surface area contributed by atoms with E-state index in [4.69, 9.17) is 20.9 Å². The molecule has 3 rings (SSSR count). The lowest BCUT2D eigenvalue weighted by Crippen LogP contribution is -2.34. The SMILES string of the molecule is CCc1noc(CCC(=O)N2CCCCN(C)C(=O)c3cc(Cl)ccc3OCCC2)n1. The van der Waals surface area contributed by atoms with Gasteiger partial charge in [-0.05, 0) is 37.5 Å². The van der Waals surface area contributed by atoms with Crippen LogP contribution in [0.2, 0.25) is 5.02 Å². The topological polar surface area (TPSA) is 88.8 Å². The van der Waals surface area contributed by atoms with Crippen molar-refractivity contribution in [3.05, 3.63) is 40.5 Å². The minimum atomic E-state index is -0.115. The Morgan fingerprint density at radius 2 is 1.97 bits per heavy atom. The summed E-state index contributed by atoms with van der Waals surface area (Å²) in [6, 6.07) is 5.08. The molecule has 1 aliphatic heterocycles. The average molecular weight is 449 g/mol. The van der Waals surface area contributed by atoms with Crippen LogP contribution >= 0.6 is 11.6 Å². The zero-order chi connectivity index (χ0) is 22.2. The lowest BCUT2D eigenvalue weighted by molar-refractivity contribution is -0.131. The van der Waals surface area contributed by atoms with E-state index in [0.717, 1.165) is 12.8 Å². The normalized spacial score (nSPS) is 16.0. The predicted octanol–water partition coefficient (Wildman–Crippen LogP) is 3.38. The summed E-state index contributed by atoms with van der Waals surface area (Å²) in [6.07, 6.45) is 3.74. The lowest BCUT2D eigenvalue weighted by Gasteiger charge is -2.23. The maximum Gasteiger partial charge on any atom is 0.257 e. The molecular weight excluding hydrogens is 420 g/mol. The zero-order valence-corrected chi connectivity index (χ0v) is 18.9. The highest BCUT2D eigenvalue weighted by Gasteiger charge is 2.20. The molecule has 0 fully saturated rings. The Labute approximate surface area is 187 Å². The highest BCUT2D eigenvalue weighted by molar-refractivity contribution is 6.31. The molecule has 0 N–H and O–H groups in total. The molecule has 0 aliphatic carbocycles. The number of rotatable bonds is 4. The number of hydrogen-bond acceptors (Lipinski definition) is 6. The number of aryl methyl sites for hydroxylation is 2. The van der Waals surface area contributed by atoms with Crippen molar-refractivity contribution < 1.29 is 18.8 Å². The molecule has 0 radical (unpaired) electrons. The first kappa shape index (κ1) is 23.1. The molecule has 0 saturated heterocycles. The molecule has 1 aromatic carbocycles. The maximum absolute atomic E-state index is 12.8. The van der Waals surface area contributed by atoms with E-state index in [9.17, 15) is 9.59 Å². The Morgan fingerprint density at radius 1 is 1.19 bits per heavy atom. The van der Waals surface area contributed by atoms with Crippen LogP contribution in [-0.2, 0) is 17.6 Å². The standard InChI is InChI=1S/C22H29ClN4O4/c1-3-19-24-20(31-25-19)9-10-21(28)27-12-5-4-11-26(2)22(29)17-15-16(23)7-8-18(17)30-14-6-13-27/h7-8,15H,3-6,9-14H2,1-2H3. The van der Waals surface area contributed by atoms with E-state index < -0.39 is 0 Å². The van der Waals surface area contributed by atoms with Gasteiger partial charge in [0.2, 0.25) is 11.8 Å². The second-order valence-electron chi connectivity index (χ2n) is 7.61. The van der Waals surface area contributed by atoms with Crippen LogP contribution < -0.4 is 4.74 Å². The van der Waals surface area contributed by atoms with E-state index in [1.807, 2.05) is 11.8 Å². The van der Waals surface area contributed by atoms with E-state index >= 15 is 0 Å². The highest BCUT2D eigenvalue weighted by Crippen LogP contribution is 2.25. The lowest BCUT2D eigenvalue weighted by atomic mass is 10.1. The number of aromatic nitrogens is 2. The largest absolute Gasteiger partial charge is 0.493 e. The van der Waals surface area contributed by atoms with E-state index in [1.54, 1.807) is 30.1 Å². The number of halogens is 1. The van der Waals surface area contributed by atoms with E-state index in [-0.39, 0.29) is 11.8 Å². The first-order valence-corrected chi connectivity index (χ1v) is 11.1. The third kappa shape index (κ3) is 6.43. The van der Waals surface area contributed by atoms with Crippen LogP contribution in [0.1, 0.15) is 54.7 Å². The van der Waals surface area contributed by atoms with Gasteiger partial charge >= 0.3 is 0 Å². The fourth-order valence-electron chi connectivity index (χ4n) is 3.46. The Bertz CT molecular complexity index is 901. The van der Waals surface area contributed by atoms with Gasteiger partial charge in [0.25, 0.3) is 5.91 Å². The van der Waals surface area contributed by atoms with Gasteiger partial charge in [0, 0.05) is 51.0 Å². The van der Waals surface area contributed by atoms with Gasteiger partial charge in [0.15, 0.2) is 5.82 Å². The number of hydrogen-bond donors (Lipinski definition) is 0. The fourth-order valence-corrected chi connectivity index (χ4v) is 3.63. The second-order valence-corrected chi connectivity index (χ2v) is 8.05. The Hall–Kier alpha value is -2.61. The fraction of sp³-hybridized carbons (Fsp3) is 0.545. The molecule has 0 atom stereocenters. The summed E-state index contributed by atoms with van der Waals surface area (Å²) in [5.74, 6) is 1.61. The predicted molar refractivity (Wildman–Crippen MR) is 116 cm³/mol. The Morgan fingerprint density at radius 3 is 2.74 bits per heavy atom. The molecule has 1 aliphatic rings. The van der Waals surface area contributed by atoms with Crippen molar-refractivity contribution in [2.75, 3.05) is 33.3 Å². The first-order chi connectivity index (χ1) is 15.0. The van der Waals surface area contributed by atoms with Gasteiger partial charge in [-0.2, -0.15) is 4.98 Å². The third-order valence-electron chi connectivity index (χ3n) is 5.25. The van der Waals surface area contributed by atoms with Crippen molar-refractivity contribution in [2.45, 2.75) is 45.4 Å². The summed E-state index contributed by atoms with van der Waals surface area (Å²) in [4.78, 5) is 33.4. The second kappa shape index (κ2) is 11.1. The van der Waals surface area contributed by atoms with Crippen LogP contribution in [0.5, 0.6) is 5.75 Å². The number of carbonyl (C=O) groups excluding carboxylic acids is 2. The zero-order valence-electron chi connectivity index (χ0n) is 18.1. The van der Waals surface area contributed by atoms with E-state index in [0.29, 0.717) is 80.0 Å². The van der Waals surface area contributed by atoms with Crippen LogP contribution in [0.4, 0.5) is 0 Å².